The van der Waals surface area contributed by atoms with E-state index in [1.807, 2.05) is 12.1 Å². The number of methoxy groups -OCH3 is 1. The minimum absolute atomic E-state index is 0.184. The van der Waals surface area contributed by atoms with Gasteiger partial charge in [-0.05, 0) is 24.2 Å². The van der Waals surface area contributed by atoms with Gasteiger partial charge in [-0.1, -0.05) is 18.5 Å². The molecule has 0 amide bonds. The number of hydrogen-bond donors (Lipinski definition) is 0. The summed E-state index contributed by atoms with van der Waals surface area (Å²) < 4.78 is 4.62. The molecule has 0 unspecified atom stereocenters. The van der Waals surface area contributed by atoms with E-state index in [4.69, 9.17) is 11.6 Å². The molecular formula is C12H17ClN2O2. The van der Waals surface area contributed by atoms with Crippen LogP contribution in [0, 0.1) is 0 Å². The zero-order valence-electron chi connectivity index (χ0n) is 10.1. The molecule has 4 nitrogen and oxygen atoms in total. The Labute approximate surface area is 107 Å². The van der Waals surface area contributed by atoms with Crippen molar-refractivity contribution in [2.24, 2.45) is 0 Å². The Morgan fingerprint density at radius 2 is 2.35 bits per heavy atom. The van der Waals surface area contributed by atoms with Gasteiger partial charge in [-0.15, -0.1) is 0 Å². The fourth-order valence-corrected chi connectivity index (χ4v) is 1.70. The van der Waals surface area contributed by atoms with E-state index in [1.165, 1.54) is 7.11 Å². The second-order valence-electron chi connectivity index (χ2n) is 3.68. The number of rotatable bonds is 6. The Bertz CT molecular complexity index is 371. The maximum absolute atomic E-state index is 11.1. The van der Waals surface area contributed by atoms with Crippen LogP contribution in [0.3, 0.4) is 0 Å². The number of esters is 1. The van der Waals surface area contributed by atoms with Crippen LogP contribution in [-0.4, -0.2) is 36.1 Å². The highest BCUT2D eigenvalue weighted by Crippen LogP contribution is 2.10. The lowest BCUT2D eigenvalue weighted by molar-refractivity contribution is -0.141. The Morgan fingerprint density at radius 1 is 1.59 bits per heavy atom. The monoisotopic (exact) mass is 256 g/mol. The fraction of sp³-hybridized carbons (Fsp3) is 0.500. The zero-order chi connectivity index (χ0) is 12.7. The van der Waals surface area contributed by atoms with Gasteiger partial charge in [-0.2, -0.15) is 0 Å². The molecular weight excluding hydrogens is 240 g/mol. The van der Waals surface area contributed by atoms with Crippen LogP contribution in [0.5, 0.6) is 0 Å². The first-order valence-electron chi connectivity index (χ1n) is 5.55. The van der Waals surface area contributed by atoms with Crippen molar-refractivity contribution in [2.75, 3.05) is 20.2 Å². The average Bonchev–Trinajstić information content (AvgIpc) is 2.34. The van der Waals surface area contributed by atoms with E-state index in [0.29, 0.717) is 18.1 Å². The number of carbonyl (C=O) groups is 1. The normalized spacial score (nSPS) is 10.6. The van der Waals surface area contributed by atoms with Crippen LogP contribution >= 0.6 is 11.6 Å². The second-order valence-corrected chi connectivity index (χ2v) is 4.07. The molecule has 0 fully saturated rings. The molecule has 0 atom stereocenters. The fourth-order valence-electron chi connectivity index (χ4n) is 1.50. The molecule has 94 valence electrons. The third-order valence-electron chi connectivity index (χ3n) is 2.50. The van der Waals surface area contributed by atoms with Crippen molar-refractivity contribution in [3.63, 3.8) is 0 Å². The molecule has 0 saturated carbocycles. The van der Waals surface area contributed by atoms with Crippen LogP contribution in [0.4, 0.5) is 0 Å². The quantitative estimate of drug-likeness (QED) is 0.578. The molecule has 0 radical (unpaired) electrons. The van der Waals surface area contributed by atoms with Crippen molar-refractivity contribution >= 4 is 17.6 Å². The van der Waals surface area contributed by atoms with Crippen molar-refractivity contribution in [1.82, 2.24) is 9.88 Å². The molecule has 0 spiro atoms. The summed E-state index contributed by atoms with van der Waals surface area (Å²) >= 11 is 5.82. The van der Waals surface area contributed by atoms with Gasteiger partial charge < -0.3 is 4.74 Å². The largest absolute Gasteiger partial charge is 0.469 e. The number of halogens is 1. The first kappa shape index (κ1) is 13.9. The van der Waals surface area contributed by atoms with Gasteiger partial charge in [0, 0.05) is 19.3 Å². The molecule has 17 heavy (non-hydrogen) atoms. The van der Waals surface area contributed by atoms with Crippen molar-refractivity contribution < 1.29 is 9.53 Å². The first-order valence-corrected chi connectivity index (χ1v) is 5.93. The molecule has 0 bridgehead atoms. The molecule has 1 aromatic heterocycles. The molecule has 1 rings (SSSR count). The summed E-state index contributed by atoms with van der Waals surface area (Å²) in [4.78, 5) is 17.1. The highest BCUT2D eigenvalue weighted by Gasteiger charge is 2.07. The predicted molar refractivity (Wildman–Crippen MR) is 66.8 cm³/mol. The van der Waals surface area contributed by atoms with Gasteiger partial charge >= 0.3 is 5.97 Å². The highest BCUT2D eigenvalue weighted by molar-refractivity contribution is 6.29. The van der Waals surface area contributed by atoms with E-state index in [2.05, 4.69) is 21.5 Å². The van der Waals surface area contributed by atoms with Gasteiger partial charge in [0.25, 0.3) is 0 Å². The third-order valence-corrected chi connectivity index (χ3v) is 2.71. The summed E-state index contributed by atoms with van der Waals surface area (Å²) in [5, 5.41) is 0.492. The Kier molecular flexibility index (Phi) is 5.94. The Balaban J connectivity index is 2.49. The summed E-state index contributed by atoms with van der Waals surface area (Å²) in [6, 6.07) is 3.76. The van der Waals surface area contributed by atoms with Crippen molar-refractivity contribution in [3.8, 4) is 0 Å². The lowest BCUT2D eigenvalue weighted by Crippen LogP contribution is -2.26. The molecule has 0 saturated heterocycles. The summed E-state index contributed by atoms with van der Waals surface area (Å²) in [5.74, 6) is -0.184. The van der Waals surface area contributed by atoms with E-state index in [9.17, 15) is 4.79 Å². The number of aromatic nitrogens is 1. The number of ether oxygens (including phenoxy) is 1. The summed E-state index contributed by atoms with van der Waals surface area (Å²) in [7, 11) is 1.40. The van der Waals surface area contributed by atoms with Gasteiger partial charge in [0.05, 0.1) is 13.5 Å². The zero-order valence-corrected chi connectivity index (χ0v) is 10.9. The van der Waals surface area contributed by atoms with Crippen LogP contribution in [0.2, 0.25) is 5.15 Å². The van der Waals surface area contributed by atoms with Gasteiger partial charge in [-0.3, -0.25) is 9.69 Å². The predicted octanol–water partition coefficient (Wildman–Crippen LogP) is 2.12. The molecule has 0 aliphatic rings. The number of carbonyl (C=O) groups excluding carboxylic acids is 1. The third kappa shape index (κ3) is 5.15. The molecule has 5 heteroatoms. The van der Waals surface area contributed by atoms with E-state index in [0.717, 1.165) is 18.7 Å². The minimum Gasteiger partial charge on any atom is -0.469 e. The van der Waals surface area contributed by atoms with Crippen molar-refractivity contribution in [1.29, 1.82) is 0 Å². The number of hydrogen-bond acceptors (Lipinski definition) is 4. The van der Waals surface area contributed by atoms with Crippen LogP contribution in [0.25, 0.3) is 0 Å². The van der Waals surface area contributed by atoms with Crippen LogP contribution in [0.1, 0.15) is 18.9 Å². The molecule has 0 N–H and O–H groups in total. The summed E-state index contributed by atoms with van der Waals surface area (Å²) in [5.41, 5.74) is 1.09. The lowest BCUT2D eigenvalue weighted by Gasteiger charge is -2.19. The van der Waals surface area contributed by atoms with Crippen LogP contribution in [0.15, 0.2) is 18.3 Å². The van der Waals surface area contributed by atoms with Gasteiger partial charge in [0.2, 0.25) is 0 Å². The van der Waals surface area contributed by atoms with Crippen molar-refractivity contribution in [2.45, 2.75) is 19.9 Å². The number of pyridine rings is 1. The van der Waals surface area contributed by atoms with Gasteiger partial charge in [0.1, 0.15) is 5.15 Å². The first-order chi connectivity index (χ1) is 8.15. The Morgan fingerprint density at radius 3 is 2.94 bits per heavy atom. The second kappa shape index (κ2) is 7.25. The maximum Gasteiger partial charge on any atom is 0.306 e. The van der Waals surface area contributed by atoms with Gasteiger partial charge in [0.15, 0.2) is 0 Å². The average molecular weight is 257 g/mol. The maximum atomic E-state index is 11.1. The Hall–Kier alpha value is -1.13. The van der Waals surface area contributed by atoms with Crippen molar-refractivity contribution in [3.05, 3.63) is 29.0 Å². The van der Waals surface area contributed by atoms with E-state index in [1.54, 1.807) is 6.20 Å². The summed E-state index contributed by atoms with van der Waals surface area (Å²) in [6.07, 6.45) is 2.09. The van der Waals surface area contributed by atoms with Crippen LogP contribution < -0.4 is 0 Å². The molecule has 0 aliphatic carbocycles. The molecule has 1 heterocycles. The van der Waals surface area contributed by atoms with Crippen LogP contribution in [-0.2, 0) is 16.1 Å². The van der Waals surface area contributed by atoms with Gasteiger partial charge in [-0.25, -0.2) is 4.98 Å². The van der Waals surface area contributed by atoms with E-state index >= 15 is 0 Å². The van der Waals surface area contributed by atoms with E-state index in [-0.39, 0.29) is 5.97 Å². The minimum atomic E-state index is -0.184. The smallest absolute Gasteiger partial charge is 0.306 e. The molecule has 0 aliphatic heterocycles. The molecule has 0 aromatic carbocycles. The highest BCUT2D eigenvalue weighted by atomic mass is 35.5. The summed E-state index contributed by atoms with van der Waals surface area (Å²) in [6.45, 7) is 4.37. The topological polar surface area (TPSA) is 42.4 Å². The number of nitrogens with zero attached hydrogens (tertiary/aromatic N) is 2. The SMILES string of the molecule is CCN(CCC(=O)OC)Cc1ccnc(Cl)c1. The molecule has 1 aromatic rings. The van der Waals surface area contributed by atoms with E-state index < -0.39 is 0 Å². The lowest BCUT2D eigenvalue weighted by atomic mass is 10.2. The standard InChI is InChI=1S/C12H17ClN2O2/c1-3-15(7-5-12(16)17-2)9-10-4-6-14-11(13)8-10/h4,6,8H,3,5,7,9H2,1-2H3.